The molecule has 0 aliphatic rings. The predicted octanol–water partition coefficient (Wildman–Crippen LogP) is 8.10. The van der Waals surface area contributed by atoms with Gasteiger partial charge in [-0.05, 0) is 67.9 Å². The van der Waals surface area contributed by atoms with Crippen LogP contribution in [0.25, 0.3) is 6.08 Å². The molecule has 0 bridgehead atoms. The van der Waals surface area contributed by atoms with Gasteiger partial charge in [-0.3, -0.25) is 4.79 Å². The molecule has 1 heterocycles. The minimum Gasteiger partial charge on any atom is -0.458 e. The number of ether oxygens (including phenoxy) is 1. The molecule has 0 aliphatic carbocycles. The number of nitrogens with zero attached hydrogens (tertiary/aromatic N) is 1. The van der Waals surface area contributed by atoms with Crippen LogP contribution in [0.15, 0.2) is 23.1 Å². The van der Waals surface area contributed by atoms with Crippen molar-refractivity contribution in [3.8, 4) is 0 Å². The predicted molar refractivity (Wildman–Crippen MR) is 135 cm³/mol. The minimum atomic E-state index is -0.242. The first-order valence-electron chi connectivity index (χ1n) is 11.9. The van der Waals surface area contributed by atoms with Crippen molar-refractivity contribution in [1.82, 2.24) is 4.98 Å². The van der Waals surface area contributed by atoms with Crippen LogP contribution in [0.2, 0.25) is 0 Å². The van der Waals surface area contributed by atoms with Crippen LogP contribution in [0.4, 0.5) is 0 Å². The van der Waals surface area contributed by atoms with Crippen molar-refractivity contribution in [3.05, 3.63) is 33.8 Å². The Labute approximate surface area is 195 Å². The molecule has 0 amide bonds. The van der Waals surface area contributed by atoms with Gasteiger partial charge in [0.2, 0.25) is 0 Å². The Morgan fingerprint density at radius 2 is 1.74 bits per heavy atom. The molecule has 31 heavy (non-hydrogen) atoms. The van der Waals surface area contributed by atoms with E-state index in [9.17, 15) is 4.79 Å². The number of thiazole rings is 1. The van der Waals surface area contributed by atoms with E-state index in [1.165, 1.54) is 19.8 Å². The average Bonchev–Trinajstić information content (AvgIpc) is 3.11. The van der Waals surface area contributed by atoms with Crippen molar-refractivity contribution in [3.63, 3.8) is 0 Å². The maximum atomic E-state index is 11.5. The van der Waals surface area contributed by atoms with Crippen LogP contribution in [-0.4, -0.2) is 17.1 Å². The van der Waals surface area contributed by atoms with E-state index in [4.69, 9.17) is 4.74 Å². The summed E-state index contributed by atoms with van der Waals surface area (Å²) >= 11 is 1.63. The molecule has 4 heteroatoms. The molecule has 0 radical (unpaired) electrons. The van der Waals surface area contributed by atoms with E-state index in [2.05, 4.69) is 58.7 Å². The number of carbonyl (C=O) groups excluding carboxylic acids is 1. The van der Waals surface area contributed by atoms with E-state index in [-0.39, 0.29) is 12.1 Å². The Morgan fingerprint density at radius 1 is 1.06 bits per heavy atom. The molecule has 0 saturated carbocycles. The molecule has 0 aromatic carbocycles. The minimum absolute atomic E-state index is 0.229. The van der Waals surface area contributed by atoms with E-state index < -0.39 is 0 Å². The van der Waals surface area contributed by atoms with E-state index in [0.717, 1.165) is 52.3 Å². The molecule has 1 aromatic heterocycles. The van der Waals surface area contributed by atoms with Crippen LogP contribution in [0.5, 0.6) is 0 Å². The van der Waals surface area contributed by atoms with Crippen molar-refractivity contribution in [2.45, 2.75) is 94.1 Å². The summed E-state index contributed by atoms with van der Waals surface area (Å²) in [4.78, 5) is 16.0. The first kappa shape index (κ1) is 27.6. The zero-order valence-electron chi connectivity index (χ0n) is 21.3. The second-order valence-corrected chi connectivity index (χ2v) is 10.8. The maximum absolute atomic E-state index is 11.5. The highest BCUT2D eigenvalue weighted by Gasteiger charge is 2.25. The molecule has 3 nitrogen and oxygen atoms in total. The molecular formula is C27H45NO2S. The van der Waals surface area contributed by atoms with Gasteiger partial charge in [-0.2, -0.15) is 0 Å². The lowest BCUT2D eigenvalue weighted by atomic mass is 9.73. The Morgan fingerprint density at radius 3 is 2.29 bits per heavy atom. The SMILES string of the molecule is CC(=O)OC(C/C=C/CCCC(C)C(C)C(C)C(C)C(C)C)/C(C)=C/c1csc(C)n1. The van der Waals surface area contributed by atoms with Crippen molar-refractivity contribution < 1.29 is 9.53 Å². The highest BCUT2D eigenvalue weighted by atomic mass is 32.1. The Bertz CT molecular complexity index is 719. The summed E-state index contributed by atoms with van der Waals surface area (Å²) in [5.74, 6) is 3.51. The third-order valence-corrected chi connectivity index (χ3v) is 7.78. The summed E-state index contributed by atoms with van der Waals surface area (Å²) in [6.07, 6.45) is 10.4. The van der Waals surface area contributed by atoms with Crippen molar-refractivity contribution in [2.75, 3.05) is 0 Å². The van der Waals surface area contributed by atoms with E-state index in [0.29, 0.717) is 6.42 Å². The highest BCUT2D eigenvalue weighted by Crippen LogP contribution is 2.33. The number of hydrogen-bond donors (Lipinski definition) is 0. The Hall–Kier alpha value is -1.42. The first-order chi connectivity index (χ1) is 14.5. The van der Waals surface area contributed by atoms with Gasteiger partial charge < -0.3 is 4.74 Å². The molecule has 5 unspecified atom stereocenters. The smallest absolute Gasteiger partial charge is 0.303 e. The number of aryl methyl sites for hydroxylation is 1. The molecule has 0 N–H and O–H groups in total. The summed E-state index contributed by atoms with van der Waals surface area (Å²) in [6, 6.07) is 0. The van der Waals surface area contributed by atoms with Crippen molar-refractivity contribution >= 4 is 23.4 Å². The Balaban J connectivity index is 2.51. The summed E-state index contributed by atoms with van der Waals surface area (Å²) in [5.41, 5.74) is 1.96. The summed E-state index contributed by atoms with van der Waals surface area (Å²) in [7, 11) is 0. The van der Waals surface area contributed by atoms with Gasteiger partial charge in [-0.1, -0.05) is 60.1 Å². The fraction of sp³-hybridized carbons (Fsp3) is 0.704. The topological polar surface area (TPSA) is 39.2 Å². The average molecular weight is 448 g/mol. The van der Waals surface area contributed by atoms with Gasteiger partial charge in [0.15, 0.2) is 0 Å². The number of esters is 1. The molecule has 0 saturated heterocycles. The maximum Gasteiger partial charge on any atom is 0.303 e. The van der Waals surface area contributed by atoms with Gasteiger partial charge in [0.05, 0.1) is 10.7 Å². The normalized spacial score (nSPS) is 17.5. The Kier molecular flexibility index (Phi) is 12.4. The number of carbonyl (C=O) groups is 1. The van der Waals surface area contributed by atoms with Crippen LogP contribution >= 0.6 is 11.3 Å². The van der Waals surface area contributed by atoms with Crippen molar-refractivity contribution in [2.24, 2.45) is 29.6 Å². The lowest BCUT2D eigenvalue weighted by Crippen LogP contribution is -2.25. The monoisotopic (exact) mass is 447 g/mol. The number of hydrogen-bond acceptors (Lipinski definition) is 4. The van der Waals surface area contributed by atoms with Crippen LogP contribution in [0, 0.1) is 36.5 Å². The summed E-state index contributed by atoms with van der Waals surface area (Å²) in [5, 5.41) is 3.07. The summed E-state index contributed by atoms with van der Waals surface area (Å²) in [6.45, 7) is 19.8. The molecule has 0 fully saturated rings. The van der Waals surface area contributed by atoms with Crippen LogP contribution < -0.4 is 0 Å². The molecule has 176 valence electrons. The quantitative estimate of drug-likeness (QED) is 0.174. The molecular weight excluding hydrogens is 402 g/mol. The fourth-order valence-corrected chi connectivity index (χ4v) is 4.63. The van der Waals surface area contributed by atoms with Crippen LogP contribution in [-0.2, 0) is 9.53 Å². The second kappa shape index (κ2) is 13.9. The number of allylic oxidation sites excluding steroid dienone is 1. The van der Waals surface area contributed by atoms with Crippen LogP contribution in [0.3, 0.4) is 0 Å². The number of rotatable bonds is 13. The third-order valence-electron chi connectivity index (χ3n) is 6.98. The first-order valence-corrected chi connectivity index (χ1v) is 12.8. The van der Waals surface area contributed by atoms with E-state index in [1.807, 2.05) is 25.3 Å². The zero-order valence-corrected chi connectivity index (χ0v) is 22.1. The zero-order chi connectivity index (χ0) is 23.6. The summed E-state index contributed by atoms with van der Waals surface area (Å²) < 4.78 is 5.55. The largest absolute Gasteiger partial charge is 0.458 e. The van der Waals surface area contributed by atoms with Gasteiger partial charge in [-0.15, -0.1) is 11.3 Å². The van der Waals surface area contributed by atoms with Gasteiger partial charge in [0.25, 0.3) is 0 Å². The molecule has 0 aliphatic heterocycles. The molecule has 1 rings (SSSR count). The van der Waals surface area contributed by atoms with Crippen molar-refractivity contribution in [1.29, 1.82) is 0 Å². The van der Waals surface area contributed by atoms with Gasteiger partial charge in [-0.25, -0.2) is 4.98 Å². The van der Waals surface area contributed by atoms with Gasteiger partial charge >= 0.3 is 5.97 Å². The lowest BCUT2D eigenvalue weighted by Gasteiger charge is -2.32. The standard InChI is InChI=1S/C27H45NO2S/c1-18(2)21(5)23(7)22(6)19(3)14-12-10-11-13-15-27(30-25(9)29)20(4)16-26-17-31-24(8)28-26/h11,13,16-19,21-23,27H,10,12,14-15H2,1-9H3/b13-11+,20-16+. The number of aromatic nitrogens is 1. The fourth-order valence-electron chi connectivity index (χ4n) is 4.06. The van der Waals surface area contributed by atoms with Crippen LogP contribution in [0.1, 0.15) is 91.8 Å². The highest BCUT2D eigenvalue weighted by molar-refractivity contribution is 7.09. The lowest BCUT2D eigenvalue weighted by molar-refractivity contribution is -0.144. The number of unbranched alkanes of at least 4 members (excludes halogenated alkanes) is 1. The molecule has 5 atom stereocenters. The van der Waals surface area contributed by atoms with Gasteiger partial charge in [0.1, 0.15) is 6.10 Å². The van der Waals surface area contributed by atoms with E-state index in [1.54, 1.807) is 11.3 Å². The van der Waals surface area contributed by atoms with Gasteiger partial charge in [0, 0.05) is 18.7 Å². The van der Waals surface area contributed by atoms with E-state index >= 15 is 0 Å². The third kappa shape index (κ3) is 10.2. The second-order valence-electron chi connectivity index (χ2n) is 9.71. The molecule has 1 aromatic rings. The molecule has 0 spiro atoms.